The van der Waals surface area contributed by atoms with E-state index in [0.29, 0.717) is 26.7 Å². The third kappa shape index (κ3) is 6.29. The van der Waals surface area contributed by atoms with Crippen LogP contribution in [-0.4, -0.2) is 69.7 Å². The van der Waals surface area contributed by atoms with Crippen molar-refractivity contribution in [3.8, 4) is 22.5 Å². The molecule has 2 atom stereocenters. The summed E-state index contributed by atoms with van der Waals surface area (Å²) in [7, 11) is -1.02. The number of alkyl halides is 2. The molecule has 1 aromatic carbocycles. The van der Waals surface area contributed by atoms with Gasteiger partial charge in [-0.25, -0.2) is 9.67 Å². The smallest absolute Gasteiger partial charge is 0.324 e. The molecule has 2 aliphatic rings. The Morgan fingerprint density at radius 3 is 2.52 bits per heavy atom. The van der Waals surface area contributed by atoms with Gasteiger partial charge >= 0.3 is 11.8 Å². The SMILES string of the molecule is CC(C)S(=NC(=O)C(C)(F)F)c1ccc(-c2cc(N3CCOCC3)nc3c(-c4ccnn4C4CCCCO4)nccc23)cc1. The summed E-state index contributed by atoms with van der Waals surface area (Å²) < 4.78 is 44.8. The zero-order chi connectivity index (χ0) is 30.8. The van der Waals surface area contributed by atoms with Crippen LogP contribution >= 0.6 is 0 Å². The minimum atomic E-state index is -3.50. The van der Waals surface area contributed by atoms with E-state index in [1.54, 1.807) is 12.4 Å². The van der Waals surface area contributed by atoms with Crippen molar-refractivity contribution < 1.29 is 23.0 Å². The fourth-order valence-corrected chi connectivity index (χ4v) is 7.15. The highest BCUT2D eigenvalue weighted by molar-refractivity contribution is 7.88. The molecule has 6 rings (SSSR count). The van der Waals surface area contributed by atoms with Crippen molar-refractivity contribution in [2.45, 2.75) is 62.3 Å². The molecule has 4 aromatic rings. The highest BCUT2D eigenvalue weighted by atomic mass is 32.2. The monoisotopic (exact) mass is 622 g/mol. The maximum atomic E-state index is 13.7. The van der Waals surface area contributed by atoms with Gasteiger partial charge in [-0.2, -0.15) is 18.2 Å². The molecule has 0 N–H and O–H groups in total. The molecule has 0 bridgehead atoms. The van der Waals surface area contributed by atoms with E-state index in [0.717, 1.165) is 76.5 Å². The van der Waals surface area contributed by atoms with Crippen molar-refractivity contribution in [2.24, 2.45) is 4.36 Å². The number of carbonyl (C=O) groups is 1. The third-order valence-corrected chi connectivity index (χ3v) is 9.81. The molecule has 1 amide bonds. The number of morpholine rings is 1. The molecular formula is C32H36F2N6O3S. The van der Waals surface area contributed by atoms with E-state index in [-0.39, 0.29) is 11.5 Å². The first-order valence-electron chi connectivity index (χ1n) is 15.0. The summed E-state index contributed by atoms with van der Waals surface area (Å²) in [6.45, 7) is 7.71. The summed E-state index contributed by atoms with van der Waals surface area (Å²) in [4.78, 5) is 25.0. The second-order valence-electron chi connectivity index (χ2n) is 11.3. The number of aromatic nitrogens is 4. The van der Waals surface area contributed by atoms with Gasteiger partial charge in [0, 0.05) is 54.5 Å². The quantitative estimate of drug-likeness (QED) is 0.234. The van der Waals surface area contributed by atoms with E-state index in [4.69, 9.17) is 19.4 Å². The van der Waals surface area contributed by atoms with Crippen LogP contribution in [-0.2, 0) is 25.0 Å². The molecule has 2 unspecified atom stereocenters. The van der Waals surface area contributed by atoms with Gasteiger partial charge in [0.25, 0.3) is 0 Å². The lowest BCUT2D eigenvalue weighted by Gasteiger charge is -2.29. The number of rotatable bonds is 7. The molecule has 12 heteroatoms. The van der Waals surface area contributed by atoms with E-state index in [1.807, 2.05) is 54.9 Å². The van der Waals surface area contributed by atoms with Gasteiger partial charge in [-0.05, 0) is 60.7 Å². The molecule has 44 heavy (non-hydrogen) atoms. The molecule has 5 heterocycles. The number of halogens is 2. The molecule has 3 aromatic heterocycles. The topological polar surface area (TPSA) is 94.7 Å². The normalized spacial score (nSPS) is 18.7. The van der Waals surface area contributed by atoms with E-state index in [1.165, 1.54) is 0 Å². The minimum absolute atomic E-state index is 0.117. The molecule has 0 radical (unpaired) electrons. The fraction of sp³-hybridized carbons (Fsp3) is 0.438. The maximum absolute atomic E-state index is 13.7. The second kappa shape index (κ2) is 12.8. The number of ether oxygens (including phenoxy) is 2. The second-order valence-corrected chi connectivity index (χ2v) is 13.6. The summed E-state index contributed by atoms with van der Waals surface area (Å²) in [6.07, 6.45) is 6.41. The minimum Gasteiger partial charge on any atom is -0.378 e. The average Bonchev–Trinajstić information content (AvgIpc) is 3.53. The van der Waals surface area contributed by atoms with Crippen LogP contribution in [0.3, 0.4) is 0 Å². The van der Waals surface area contributed by atoms with Crippen molar-refractivity contribution in [1.82, 2.24) is 19.7 Å². The highest BCUT2D eigenvalue weighted by Crippen LogP contribution is 2.37. The summed E-state index contributed by atoms with van der Waals surface area (Å²) in [5, 5.41) is 5.41. The molecule has 0 spiro atoms. The maximum Gasteiger partial charge on any atom is 0.324 e. The summed E-state index contributed by atoms with van der Waals surface area (Å²) in [5.41, 5.74) is 4.21. The first kappa shape index (κ1) is 30.4. The van der Waals surface area contributed by atoms with Crippen LogP contribution in [0.4, 0.5) is 14.6 Å². The first-order chi connectivity index (χ1) is 21.2. The largest absolute Gasteiger partial charge is 0.378 e. The Morgan fingerprint density at radius 1 is 1.07 bits per heavy atom. The van der Waals surface area contributed by atoms with Gasteiger partial charge in [0.1, 0.15) is 17.0 Å². The van der Waals surface area contributed by atoms with Crippen molar-refractivity contribution in [3.05, 3.63) is 54.9 Å². The Labute approximate surface area is 257 Å². The number of anilines is 1. The molecule has 232 valence electrons. The molecule has 0 saturated carbocycles. The Hall–Kier alpha value is -3.61. The average molecular weight is 623 g/mol. The number of carbonyl (C=O) groups excluding carboxylic acids is 1. The predicted octanol–water partition coefficient (Wildman–Crippen LogP) is 6.45. The van der Waals surface area contributed by atoms with Crippen molar-refractivity contribution in [2.75, 3.05) is 37.8 Å². The summed E-state index contributed by atoms with van der Waals surface area (Å²) in [5.74, 6) is -4.08. The van der Waals surface area contributed by atoms with Crippen LogP contribution < -0.4 is 4.90 Å². The number of hydrogen-bond donors (Lipinski definition) is 0. The summed E-state index contributed by atoms with van der Waals surface area (Å²) in [6, 6.07) is 13.7. The lowest BCUT2D eigenvalue weighted by atomic mass is 10.00. The number of fused-ring (bicyclic) bond motifs is 1. The van der Waals surface area contributed by atoms with E-state index >= 15 is 0 Å². The van der Waals surface area contributed by atoms with Gasteiger partial charge in [0.15, 0.2) is 6.23 Å². The zero-order valence-corrected chi connectivity index (χ0v) is 25.9. The van der Waals surface area contributed by atoms with Crippen molar-refractivity contribution in [3.63, 3.8) is 0 Å². The van der Waals surface area contributed by atoms with Crippen molar-refractivity contribution >= 4 is 33.3 Å². The lowest BCUT2D eigenvalue weighted by molar-refractivity contribution is -0.138. The van der Waals surface area contributed by atoms with Crippen LogP contribution in [0.5, 0.6) is 0 Å². The molecule has 2 aliphatic heterocycles. The van der Waals surface area contributed by atoms with Gasteiger partial charge in [-0.15, -0.1) is 0 Å². The van der Waals surface area contributed by atoms with Gasteiger partial charge < -0.3 is 14.4 Å². The van der Waals surface area contributed by atoms with Gasteiger partial charge in [-0.1, -0.05) is 36.7 Å². The zero-order valence-electron chi connectivity index (χ0n) is 25.1. The first-order valence-corrected chi connectivity index (χ1v) is 16.2. The van der Waals surface area contributed by atoms with Gasteiger partial charge in [0.2, 0.25) is 0 Å². The number of nitrogens with zero attached hydrogens (tertiary/aromatic N) is 6. The van der Waals surface area contributed by atoms with Gasteiger partial charge in [-0.3, -0.25) is 9.78 Å². The number of pyridine rings is 2. The molecule has 9 nitrogen and oxygen atoms in total. The van der Waals surface area contributed by atoms with Crippen LogP contribution in [0.1, 0.15) is 46.3 Å². The van der Waals surface area contributed by atoms with Crippen LogP contribution in [0, 0.1) is 0 Å². The molecule has 2 fully saturated rings. The summed E-state index contributed by atoms with van der Waals surface area (Å²) >= 11 is 0. The standard InChI is InChI=1S/C32H36F2N6O3S/c1-21(2)44(38-31(41)32(3,33)34)23-9-7-22(8-10-23)25-20-27(39-15-18-42-19-16-39)37-29-24(25)11-13-35-30(29)26-12-14-36-40(26)28-6-4-5-17-43-28/h7-14,20-21,28H,4-6,15-19H2,1-3H3. The molecular weight excluding hydrogens is 586 g/mol. The fourth-order valence-electron chi connectivity index (χ4n) is 5.54. The lowest BCUT2D eigenvalue weighted by Crippen LogP contribution is -2.36. The van der Waals surface area contributed by atoms with E-state index in [2.05, 4.69) is 20.4 Å². The predicted molar refractivity (Wildman–Crippen MR) is 167 cm³/mol. The Morgan fingerprint density at radius 2 is 1.84 bits per heavy atom. The van der Waals surface area contributed by atoms with Gasteiger partial charge in [0.05, 0.1) is 18.9 Å². The van der Waals surface area contributed by atoms with Crippen LogP contribution in [0.25, 0.3) is 33.4 Å². The molecule has 2 saturated heterocycles. The Balaban J connectivity index is 1.47. The van der Waals surface area contributed by atoms with Crippen LogP contribution in [0.2, 0.25) is 0 Å². The van der Waals surface area contributed by atoms with Crippen LogP contribution in [0.15, 0.2) is 64.1 Å². The number of benzene rings is 1. The number of amides is 1. The third-order valence-electron chi connectivity index (χ3n) is 7.80. The van der Waals surface area contributed by atoms with E-state index < -0.39 is 22.5 Å². The highest BCUT2D eigenvalue weighted by Gasteiger charge is 2.33. The van der Waals surface area contributed by atoms with Crippen molar-refractivity contribution in [1.29, 1.82) is 0 Å². The Bertz CT molecular complexity index is 1670. The van der Waals surface area contributed by atoms with E-state index in [9.17, 15) is 13.6 Å². The Kier molecular flexibility index (Phi) is 8.84. The molecule has 0 aliphatic carbocycles. The number of hydrogen-bond acceptors (Lipinski definition) is 7.